The molecule has 1 aliphatic carbocycles. The summed E-state index contributed by atoms with van der Waals surface area (Å²) < 4.78 is 5.60. The van der Waals surface area contributed by atoms with Crippen molar-refractivity contribution in [1.29, 1.82) is 0 Å². The Labute approximate surface area is 143 Å². The van der Waals surface area contributed by atoms with E-state index in [0.717, 1.165) is 58.4 Å². The minimum absolute atomic E-state index is 0.0234. The molecule has 0 bridgehead atoms. The molecule has 2 heterocycles. The van der Waals surface area contributed by atoms with Crippen molar-refractivity contribution in [2.75, 3.05) is 45.8 Å². The third-order valence-electron chi connectivity index (χ3n) is 5.53. The first-order valence-electron chi connectivity index (χ1n) is 9.31. The number of nitrogens with one attached hydrogen (secondary N) is 1. The minimum Gasteiger partial charge on any atom is -0.364 e. The van der Waals surface area contributed by atoms with E-state index in [9.17, 15) is 9.59 Å². The molecule has 3 aliphatic rings. The molecular formula is C17H30N4O3. The van der Waals surface area contributed by atoms with Gasteiger partial charge in [-0.15, -0.1) is 0 Å². The first-order valence-corrected chi connectivity index (χ1v) is 9.31. The van der Waals surface area contributed by atoms with Gasteiger partial charge in [0.1, 0.15) is 6.10 Å². The second kappa shape index (κ2) is 8.27. The van der Waals surface area contributed by atoms with Crippen LogP contribution in [0, 0.1) is 5.92 Å². The predicted octanol–water partition coefficient (Wildman–Crippen LogP) is -0.447. The van der Waals surface area contributed by atoms with E-state index in [-0.39, 0.29) is 18.1 Å². The third-order valence-corrected chi connectivity index (χ3v) is 5.53. The molecule has 7 heteroatoms. The van der Waals surface area contributed by atoms with Crippen molar-refractivity contribution in [3.63, 3.8) is 0 Å². The van der Waals surface area contributed by atoms with Gasteiger partial charge >= 0.3 is 0 Å². The van der Waals surface area contributed by atoms with Gasteiger partial charge in [0, 0.05) is 51.7 Å². The Morgan fingerprint density at radius 2 is 1.83 bits per heavy atom. The van der Waals surface area contributed by atoms with Gasteiger partial charge < -0.3 is 20.7 Å². The second-order valence-corrected chi connectivity index (χ2v) is 7.15. The van der Waals surface area contributed by atoms with Crippen LogP contribution in [0.25, 0.3) is 0 Å². The van der Waals surface area contributed by atoms with E-state index >= 15 is 0 Å². The van der Waals surface area contributed by atoms with Crippen molar-refractivity contribution in [2.24, 2.45) is 11.7 Å². The van der Waals surface area contributed by atoms with E-state index in [2.05, 4.69) is 10.2 Å². The number of ether oxygens (including phenoxy) is 1. The lowest BCUT2D eigenvalue weighted by atomic mass is 9.84. The van der Waals surface area contributed by atoms with Crippen LogP contribution in [0.1, 0.15) is 32.1 Å². The van der Waals surface area contributed by atoms with Crippen LogP contribution >= 0.6 is 0 Å². The molecule has 136 valence electrons. The summed E-state index contributed by atoms with van der Waals surface area (Å²) in [6.07, 6.45) is 4.66. The normalized spacial score (nSPS) is 28.6. The van der Waals surface area contributed by atoms with Crippen molar-refractivity contribution >= 4 is 11.8 Å². The van der Waals surface area contributed by atoms with Gasteiger partial charge in [-0.2, -0.15) is 0 Å². The summed E-state index contributed by atoms with van der Waals surface area (Å²) in [4.78, 5) is 28.6. The Morgan fingerprint density at radius 3 is 2.42 bits per heavy atom. The highest BCUT2D eigenvalue weighted by molar-refractivity contribution is 5.81. The Kier molecular flexibility index (Phi) is 6.08. The van der Waals surface area contributed by atoms with Crippen molar-refractivity contribution in [2.45, 2.75) is 44.3 Å². The number of amides is 2. The van der Waals surface area contributed by atoms with E-state index in [1.165, 1.54) is 6.42 Å². The van der Waals surface area contributed by atoms with Gasteiger partial charge in [0.15, 0.2) is 0 Å². The summed E-state index contributed by atoms with van der Waals surface area (Å²) in [7, 11) is 0. The largest absolute Gasteiger partial charge is 0.364 e. The molecule has 3 N–H and O–H groups in total. The predicted molar refractivity (Wildman–Crippen MR) is 90.3 cm³/mol. The highest BCUT2D eigenvalue weighted by Gasteiger charge is 2.31. The zero-order chi connectivity index (χ0) is 16.9. The van der Waals surface area contributed by atoms with Crippen LogP contribution in [-0.4, -0.2) is 79.6 Å². The molecule has 3 fully saturated rings. The van der Waals surface area contributed by atoms with Crippen LogP contribution in [0.3, 0.4) is 0 Å². The number of nitrogens with two attached hydrogens (primary N) is 1. The maximum absolute atomic E-state index is 12.2. The lowest BCUT2D eigenvalue weighted by Crippen LogP contribution is -2.52. The third kappa shape index (κ3) is 4.26. The standard InChI is InChI=1S/C17H30N4O3/c18-12-14-4-5-15(24-14)16(22)19-6-7-20-8-10-21(11-9-20)17(23)13-2-1-3-13/h13-15H,1-12,18H2,(H,19,22)/t14-,15+/m1/s1. The Hall–Kier alpha value is -1.18. The number of carbonyl (C=O) groups is 2. The van der Waals surface area contributed by atoms with Crippen molar-refractivity contribution in [1.82, 2.24) is 15.1 Å². The highest BCUT2D eigenvalue weighted by atomic mass is 16.5. The maximum Gasteiger partial charge on any atom is 0.249 e. The molecule has 0 unspecified atom stereocenters. The number of hydrogen-bond acceptors (Lipinski definition) is 5. The number of nitrogens with zero attached hydrogens (tertiary/aromatic N) is 2. The van der Waals surface area contributed by atoms with Crippen LogP contribution in [-0.2, 0) is 14.3 Å². The number of hydrogen-bond donors (Lipinski definition) is 2. The summed E-state index contributed by atoms with van der Waals surface area (Å²) in [6.45, 7) is 5.34. The van der Waals surface area contributed by atoms with Crippen molar-refractivity contribution in [3.05, 3.63) is 0 Å². The topological polar surface area (TPSA) is 87.9 Å². The van der Waals surface area contributed by atoms with Crippen LogP contribution < -0.4 is 11.1 Å². The van der Waals surface area contributed by atoms with Gasteiger partial charge in [-0.3, -0.25) is 14.5 Å². The number of rotatable bonds is 6. The monoisotopic (exact) mass is 338 g/mol. The SMILES string of the molecule is NC[C@H]1CC[C@@H](C(=O)NCCN2CCN(C(=O)C3CCC3)CC2)O1. The maximum atomic E-state index is 12.2. The molecule has 0 aromatic carbocycles. The van der Waals surface area contributed by atoms with Gasteiger partial charge in [0.25, 0.3) is 0 Å². The highest BCUT2D eigenvalue weighted by Crippen LogP contribution is 2.28. The zero-order valence-electron chi connectivity index (χ0n) is 14.4. The molecule has 2 atom stereocenters. The molecular weight excluding hydrogens is 308 g/mol. The molecule has 2 amide bonds. The van der Waals surface area contributed by atoms with Crippen molar-refractivity contribution < 1.29 is 14.3 Å². The van der Waals surface area contributed by atoms with Gasteiger partial charge in [0.2, 0.25) is 11.8 Å². The fourth-order valence-corrected chi connectivity index (χ4v) is 3.63. The quantitative estimate of drug-likeness (QED) is 0.685. The second-order valence-electron chi connectivity index (χ2n) is 7.15. The summed E-state index contributed by atoms with van der Waals surface area (Å²) in [5.74, 6) is 0.617. The molecule has 2 saturated heterocycles. The van der Waals surface area contributed by atoms with Crippen LogP contribution in [0.2, 0.25) is 0 Å². The number of piperazine rings is 1. The lowest BCUT2D eigenvalue weighted by Gasteiger charge is -2.38. The fourth-order valence-electron chi connectivity index (χ4n) is 3.63. The van der Waals surface area contributed by atoms with Crippen molar-refractivity contribution in [3.8, 4) is 0 Å². The molecule has 0 aromatic rings. The smallest absolute Gasteiger partial charge is 0.249 e. The Morgan fingerprint density at radius 1 is 1.08 bits per heavy atom. The van der Waals surface area contributed by atoms with E-state index in [1.54, 1.807) is 0 Å². The molecule has 0 radical (unpaired) electrons. The molecule has 0 spiro atoms. The van der Waals surface area contributed by atoms with Gasteiger partial charge in [-0.25, -0.2) is 0 Å². The molecule has 7 nitrogen and oxygen atoms in total. The summed E-state index contributed by atoms with van der Waals surface area (Å²) >= 11 is 0. The van der Waals surface area contributed by atoms with Gasteiger partial charge in [-0.1, -0.05) is 6.42 Å². The summed E-state index contributed by atoms with van der Waals surface area (Å²) in [6, 6.07) is 0. The molecule has 3 rings (SSSR count). The Balaban J connectivity index is 1.29. The number of carbonyl (C=O) groups excluding carboxylic acids is 2. The van der Waals surface area contributed by atoms with E-state index in [1.807, 2.05) is 4.90 Å². The summed E-state index contributed by atoms with van der Waals surface area (Å²) in [5.41, 5.74) is 5.57. The van der Waals surface area contributed by atoms with Gasteiger partial charge in [-0.05, 0) is 25.7 Å². The zero-order valence-corrected chi connectivity index (χ0v) is 14.4. The molecule has 1 saturated carbocycles. The molecule has 0 aromatic heterocycles. The average molecular weight is 338 g/mol. The van der Waals surface area contributed by atoms with Gasteiger partial charge in [0.05, 0.1) is 6.10 Å². The van der Waals surface area contributed by atoms with Crippen LogP contribution in [0.4, 0.5) is 0 Å². The van der Waals surface area contributed by atoms with E-state index in [4.69, 9.17) is 10.5 Å². The lowest BCUT2D eigenvalue weighted by molar-refractivity contribution is -0.139. The fraction of sp³-hybridized carbons (Fsp3) is 0.882. The summed E-state index contributed by atoms with van der Waals surface area (Å²) in [5, 5.41) is 2.96. The van der Waals surface area contributed by atoms with Crippen LogP contribution in [0.15, 0.2) is 0 Å². The minimum atomic E-state index is -0.338. The first kappa shape index (κ1) is 17.6. The molecule has 24 heavy (non-hydrogen) atoms. The van der Waals surface area contributed by atoms with E-state index < -0.39 is 0 Å². The van der Waals surface area contributed by atoms with E-state index in [0.29, 0.717) is 24.9 Å². The average Bonchev–Trinajstić information content (AvgIpc) is 3.03. The molecule has 2 aliphatic heterocycles. The Bertz CT molecular complexity index is 447. The first-order chi connectivity index (χ1) is 11.7. The van der Waals surface area contributed by atoms with Crippen LogP contribution in [0.5, 0.6) is 0 Å².